The van der Waals surface area contributed by atoms with E-state index in [1.165, 1.54) is 6.07 Å². The molecule has 4 aromatic rings. The maximum Gasteiger partial charge on any atom is 0.433 e. The minimum absolute atomic E-state index is 0.0814. The van der Waals surface area contributed by atoms with E-state index in [0.29, 0.717) is 45.5 Å². The highest BCUT2D eigenvalue weighted by Crippen LogP contribution is 2.32. The standard InChI is InChI=1S/C26H24ClF3N6O/c1-15-12-36(13-16(2)37-15)14-23-34-21-10-17(24-20(27)4-3-9-31-24)5-7-19(21)25(35-23)33-18-6-8-22(32-11-18)26(28,29)30/h3-11,15-16H,12-14H2,1-2H3,(H,33,34,35)/t15-,16?/m1/s1. The van der Waals surface area contributed by atoms with Gasteiger partial charge in [0, 0.05) is 30.2 Å². The van der Waals surface area contributed by atoms with E-state index in [0.717, 1.165) is 30.9 Å². The zero-order valence-electron chi connectivity index (χ0n) is 20.1. The Morgan fingerprint density at radius 3 is 2.51 bits per heavy atom. The van der Waals surface area contributed by atoms with Crippen LogP contribution in [-0.2, 0) is 17.5 Å². The SMILES string of the molecule is CC1CN(Cc2nc(Nc3ccc(C(F)(F)F)nc3)c3ccc(-c4ncccc4Cl)cc3n2)C[C@@H](C)O1. The van der Waals surface area contributed by atoms with Gasteiger partial charge in [-0.25, -0.2) is 15.0 Å². The average molecular weight is 529 g/mol. The summed E-state index contributed by atoms with van der Waals surface area (Å²) < 4.78 is 44.7. The third-order valence-corrected chi connectivity index (χ3v) is 6.26. The number of hydrogen-bond acceptors (Lipinski definition) is 7. The number of fused-ring (bicyclic) bond motifs is 1. The van der Waals surface area contributed by atoms with Crippen LogP contribution in [0.3, 0.4) is 0 Å². The number of rotatable bonds is 5. The van der Waals surface area contributed by atoms with Crippen LogP contribution in [0.4, 0.5) is 24.7 Å². The summed E-state index contributed by atoms with van der Waals surface area (Å²) in [5.41, 5.74) is 1.49. The summed E-state index contributed by atoms with van der Waals surface area (Å²) >= 11 is 6.37. The zero-order valence-corrected chi connectivity index (χ0v) is 20.9. The molecule has 1 unspecified atom stereocenters. The minimum atomic E-state index is -4.51. The maximum absolute atomic E-state index is 13.0. The van der Waals surface area contributed by atoms with Gasteiger partial charge in [-0.15, -0.1) is 0 Å². The molecule has 0 bridgehead atoms. The highest BCUT2D eigenvalue weighted by atomic mass is 35.5. The van der Waals surface area contributed by atoms with Crippen LogP contribution < -0.4 is 5.32 Å². The minimum Gasteiger partial charge on any atom is -0.373 e. The van der Waals surface area contributed by atoms with Crippen LogP contribution in [0.5, 0.6) is 0 Å². The van der Waals surface area contributed by atoms with E-state index in [9.17, 15) is 13.2 Å². The smallest absolute Gasteiger partial charge is 0.373 e. The summed E-state index contributed by atoms with van der Waals surface area (Å²) in [5.74, 6) is 1.04. The summed E-state index contributed by atoms with van der Waals surface area (Å²) in [5, 5.41) is 4.34. The van der Waals surface area contributed by atoms with E-state index < -0.39 is 11.9 Å². The average Bonchev–Trinajstić information content (AvgIpc) is 2.83. The Hall–Kier alpha value is -3.34. The fourth-order valence-electron chi connectivity index (χ4n) is 4.47. The van der Waals surface area contributed by atoms with Crippen LogP contribution in [0.1, 0.15) is 25.4 Å². The predicted molar refractivity (Wildman–Crippen MR) is 136 cm³/mol. The lowest BCUT2D eigenvalue weighted by Gasteiger charge is -2.34. The number of aromatic nitrogens is 4. The lowest BCUT2D eigenvalue weighted by Crippen LogP contribution is -2.45. The Labute approximate surface area is 216 Å². The van der Waals surface area contributed by atoms with Crippen molar-refractivity contribution in [3.05, 3.63) is 71.4 Å². The number of benzene rings is 1. The number of alkyl halides is 3. The van der Waals surface area contributed by atoms with Crippen LogP contribution in [0, 0.1) is 0 Å². The molecule has 2 atom stereocenters. The van der Waals surface area contributed by atoms with E-state index in [4.69, 9.17) is 26.3 Å². The molecule has 37 heavy (non-hydrogen) atoms. The van der Waals surface area contributed by atoms with Gasteiger partial charge in [0.05, 0.1) is 46.9 Å². The predicted octanol–water partition coefficient (Wildman–Crippen LogP) is 6.11. The Bertz CT molecular complexity index is 1410. The molecule has 0 spiro atoms. The van der Waals surface area contributed by atoms with Gasteiger partial charge in [0.2, 0.25) is 0 Å². The quantitative estimate of drug-likeness (QED) is 0.335. The van der Waals surface area contributed by atoms with Gasteiger partial charge in [0.15, 0.2) is 0 Å². The molecule has 7 nitrogen and oxygen atoms in total. The molecular formula is C26H24ClF3N6O. The van der Waals surface area contributed by atoms with Gasteiger partial charge < -0.3 is 10.1 Å². The summed E-state index contributed by atoms with van der Waals surface area (Å²) in [6.45, 7) is 6.01. The number of hydrogen-bond donors (Lipinski definition) is 1. The van der Waals surface area contributed by atoms with Gasteiger partial charge in [0.25, 0.3) is 0 Å². The number of pyridine rings is 2. The molecule has 0 radical (unpaired) electrons. The van der Waals surface area contributed by atoms with Gasteiger partial charge in [-0.3, -0.25) is 9.88 Å². The van der Waals surface area contributed by atoms with Crippen molar-refractivity contribution in [3.63, 3.8) is 0 Å². The van der Waals surface area contributed by atoms with Crippen molar-refractivity contribution in [2.24, 2.45) is 0 Å². The maximum atomic E-state index is 13.0. The molecular weight excluding hydrogens is 505 g/mol. The summed E-state index contributed by atoms with van der Waals surface area (Å²) in [6.07, 6.45) is -1.54. The van der Waals surface area contributed by atoms with Crippen molar-refractivity contribution in [2.75, 3.05) is 18.4 Å². The molecule has 5 rings (SSSR count). The van der Waals surface area contributed by atoms with Crippen LogP contribution in [-0.4, -0.2) is 50.1 Å². The van der Waals surface area contributed by atoms with E-state index in [1.54, 1.807) is 18.3 Å². The Morgan fingerprint density at radius 2 is 1.84 bits per heavy atom. The van der Waals surface area contributed by atoms with Gasteiger partial charge >= 0.3 is 6.18 Å². The normalized spacial score (nSPS) is 18.8. The summed E-state index contributed by atoms with van der Waals surface area (Å²) in [7, 11) is 0. The molecule has 1 saturated heterocycles. The fourth-order valence-corrected chi connectivity index (χ4v) is 4.71. The second-order valence-electron chi connectivity index (χ2n) is 9.06. The van der Waals surface area contributed by atoms with Crippen molar-refractivity contribution in [1.82, 2.24) is 24.8 Å². The first-order valence-electron chi connectivity index (χ1n) is 11.8. The van der Waals surface area contributed by atoms with Crippen molar-refractivity contribution in [3.8, 4) is 11.3 Å². The number of nitrogens with zero attached hydrogens (tertiary/aromatic N) is 5. The van der Waals surface area contributed by atoms with Crippen molar-refractivity contribution in [1.29, 1.82) is 0 Å². The molecule has 3 aromatic heterocycles. The van der Waals surface area contributed by atoms with E-state index in [-0.39, 0.29) is 12.2 Å². The second-order valence-corrected chi connectivity index (χ2v) is 9.47. The molecule has 1 aromatic carbocycles. The molecule has 1 N–H and O–H groups in total. The molecule has 0 amide bonds. The Kier molecular flexibility index (Phi) is 6.98. The number of ether oxygens (including phenoxy) is 1. The highest BCUT2D eigenvalue weighted by molar-refractivity contribution is 6.33. The number of morpholine rings is 1. The topological polar surface area (TPSA) is 76.1 Å². The van der Waals surface area contributed by atoms with Crippen LogP contribution in [0.15, 0.2) is 54.9 Å². The Morgan fingerprint density at radius 1 is 1.05 bits per heavy atom. The molecule has 1 aliphatic heterocycles. The fraction of sp³-hybridized carbons (Fsp3) is 0.308. The third-order valence-electron chi connectivity index (χ3n) is 5.95. The molecule has 192 valence electrons. The van der Waals surface area contributed by atoms with Crippen LogP contribution >= 0.6 is 11.6 Å². The summed E-state index contributed by atoms with van der Waals surface area (Å²) in [4.78, 5) is 19.7. The first kappa shape index (κ1) is 25.3. The highest BCUT2D eigenvalue weighted by Gasteiger charge is 2.32. The summed E-state index contributed by atoms with van der Waals surface area (Å²) in [6, 6.07) is 11.4. The van der Waals surface area contributed by atoms with E-state index >= 15 is 0 Å². The molecule has 1 aliphatic rings. The third kappa shape index (κ3) is 5.82. The molecule has 0 aliphatic carbocycles. The first-order chi connectivity index (χ1) is 17.7. The largest absolute Gasteiger partial charge is 0.433 e. The Balaban J connectivity index is 1.54. The second kappa shape index (κ2) is 10.2. The lowest BCUT2D eigenvalue weighted by atomic mass is 10.1. The number of nitrogens with one attached hydrogen (secondary N) is 1. The lowest BCUT2D eigenvalue weighted by molar-refractivity contribution is -0.141. The van der Waals surface area contributed by atoms with Gasteiger partial charge in [-0.1, -0.05) is 17.7 Å². The zero-order chi connectivity index (χ0) is 26.2. The van der Waals surface area contributed by atoms with E-state index in [2.05, 4.69) is 20.2 Å². The molecule has 0 saturated carbocycles. The monoisotopic (exact) mass is 528 g/mol. The van der Waals surface area contributed by atoms with Crippen LogP contribution in [0.25, 0.3) is 22.2 Å². The van der Waals surface area contributed by atoms with Gasteiger partial charge in [-0.05, 0) is 50.2 Å². The molecule has 1 fully saturated rings. The first-order valence-corrected chi connectivity index (χ1v) is 12.1. The molecule has 11 heteroatoms. The van der Waals surface area contributed by atoms with Crippen molar-refractivity contribution >= 4 is 34.0 Å². The van der Waals surface area contributed by atoms with Crippen LogP contribution in [0.2, 0.25) is 5.02 Å². The number of halogens is 4. The van der Waals surface area contributed by atoms with Crippen molar-refractivity contribution < 1.29 is 17.9 Å². The number of anilines is 2. The van der Waals surface area contributed by atoms with Gasteiger partial charge in [0.1, 0.15) is 17.3 Å². The van der Waals surface area contributed by atoms with Crippen molar-refractivity contribution in [2.45, 2.75) is 38.8 Å². The van der Waals surface area contributed by atoms with E-state index in [1.807, 2.05) is 32.0 Å². The van der Waals surface area contributed by atoms with Gasteiger partial charge in [-0.2, -0.15) is 13.2 Å². The molecule has 4 heterocycles.